The number of aromatic nitrogens is 1. The van der Waals surface area contributed by atoms with Crippen LogP contribution in [0.15, 0.2) is 58.9 Å². The molecule has 1 aromatic heterocycles. The first-order chi connectivity index (χ1) is 16.3. The lowest BCUT2D eigenvalue weighted by atomic mass is 10.0. The maximum Gasteiger partial charge on any atom is 0.352 e. The minimum atomic E-state index is -1.16. The van der Waals surface area contributed by atoms with E-state index in [1.807, 2.05) is 29.1 Å². The molecule has 0 radical (unpaired) electrons. The van der Waals surface area contributed by atoms with E-state index in [1.165, 1.54) is 28.4 Å². The summed E-state index contributed by atoms with van der Waals surface area (Å²) in [5.74, 6) is -1.47. The third kappa shape index (κ3) is 5.21. The molecule has 4 N–H and O–H groups in total. The summed E-state index contributed by atoms with van der Waals surface area (Å²) in [6.45, 7) is 0.755. The average molecular weight is 540 g/mol. The molecule has 2 aliphatic heterocycles. The van der Waals surface area contributed by atoms with E-state index in [4.69, 9.17) is 28.9 Å². The number of nitrogens with two attached hydrogens (primary N) is 1. The zero-order chi connectivity index (χ0) is 24.4. The second-order valence-corrected chi connectivity index (χ2v) is 10.6. The van der Waals surface area contributed by atoms with Gasteiger partial charge in [0.1, 0.15) is 17.1 Å². The predicted octanol–water partition coefficient (Wildman–Crippen LogP) is 2.27. The number of pyridine rings is 1. The van der Waals surface area contributed by atoms with Crippen molar-refractivity contribution in [2.75, 3.05) is 11.5 Å². The zero-order valence-corrected chi connectivity index (χ0v) is 20.9. The maximum atomic E-state index is 12.8. The molecule has 0 bridgehead atoms. The molecule has 12 heteroatoms. The summed E-state index contributed by atoms with van der Waals surface area (Å²) >= 11 is 14.7. The Balaban J connectivity index is 1.42. The number of nitrogens with one attached hydrogen (secondary N) is 1. The standard InChI is InChI=1S/C22H20Cl2N4O4S2/c23-14-1-2-15(24)16(7-14)33-11-17(29)26-18-20(30)28-19(22(31)32)13(10-34-21(18)28)9-27-5-3-12(8-25)4-6-27/h1-7,18,21H,8-11,25H2,(H-,26,29,31,32)/p+1/t18-,21+/m0/s1. The van der Waals surface area contributed by atoms with Gasteiger partial charge in [-0.15, -0.1) is 23.5 Å². The summed E-state index contributed by atoms with van der Waals surface area (Å²) in [6, 6.07) is 7.94. The normalized spacial score (nSPS) is 19.5. The summed E-state index contributed by atoms with van der Waals surface area (Å²) < 4.78 is 1.85. The van der Waals surface area contributed by atoms with Crippen molar-refractivity contribution >= 4 is 64.5 Å². The van der Waals surface area contributed by atoms with Crippen LogP contribution in [-0.4, -0.2) is 50.7 Å². The highest BCUT2D eigenvalue weighted by atomic mass is 35.5. The van der Waals surface area contributed by atoms with E-state index in [9.17, 15) is 19.5 Å². The number of nitrogens with zero attached hydrogens (tertiary/aromatic N) is 2. The molecule has 2 amide bonds. The van der Waals surface area contributed by atoms with Crippen molar-refractivity contribution in [3.8, 4) is 0 Å². The first kappa shape index (κ1) is 24.9. The SMILES string of the molecule is NCc1cc[n+](CC2=C(C(=O)O)N3C(=O)[C@H](NC(=O)CSc4cc(Cl)ccc4Cl)[C@H]3SC2)cc1. The van der Waals surface area contributed by atoms with Crippen molar-refractivity contribution < 1.29 is 24.1 Å². The van der Waals surface area contributed by atoms with Crippen molar-refractivity contribution in [3.63, 3.8) is 0 Å². The summed E-state index contributed by atoms with van der Waals surface area (Å²) in [4.78, 5) is 39.3. The molecular formula is C22H21Cl2N4O4S2+. The number of thioether (sulfide) groups is 2. The number of hydrogen-bond donors (Lipinski definition) is 3. The Bertz CT molecular complexity index is 1180. The molecule has 8 nitrogen and oxygen atoms in total. The molecule has 2 aliphatic rings. The second kappa shape index (κ2) is 10.6. The van der Waals surface area contributed by atoms with Crippen LogP contribution in [0, 0.1) is 0 Å². The van der Waals surface area contributed by atoms with Gasteiger partial charge >= 0.3 is 5.97 Å². The number of hydrogen-bond acceptors (Lipinski definition) is 6. The highest BCUT2D eigenvalue weighted by Gasteiger charge is 2.54. The van der Waals surface area contributed by atoms with E-state index in [0.717, 1.165) is 5.56 Å². The molecule has 0 unspecified atom stereocenters. The molecule has 4 rings (SSSR count). The minimum Gasteiger partial charge on any atom is -0.477 e. The van der Waals surface area contributed by atoms with E-state index < -0.39 is 23.3 Å². The van der Waals surface area contributed by atoms with Gasteiger partial charge in [0.15, 0.2) is 18.9 Å². The van der Waals surface area contributed by atoms with Gasteiger partial charge in [-0.25, -0.2) is 9.36 Å². The average Bonchev–Trinajstić information content (AvgIpc) is 2.83. The van der Waals surface area contributed by atoms with Gasteiger partial charge < -0.3 is 16.2 Å². The van der Waals surface area contributed by atoms with Crippen LogP contribution in [-0.2, 0) is 27.5 Å². The molecule has 178 valence electrons. The van der Waals surface area contributed by atoms with Crippen LogP contribution in [0.5, 0.6) is 0 Å². The van der Waals surface area contributed by atoms with E-state index in [0.29, 0.717) is 39.4 Å². The molecule has 1 saturated heterocycles. The number of carboxylic acids is 1. The van der Waals surface area contributed by atoms with Crippen LogP contribution in [0.25, 0.3) is 0 Å². The zero-order valence-electron chi connectivity index (χ0n) is 17.7. The fourth-order valence-corrected chi connectivity index (χ4v) is 6.34. The van der Waals surface area contributed by atoms with E-state index >= 15 is 0 Å². The van der Waals surface area contributed by atoms with Gasteiger partial charge in [-0.05, 0) is 23.8 Å². The number of carbonyl (C=O) groups excluding carboxylic acids is 2. The monoisotopic (exact) mass is 539 g/mol. The number of halogens is 2. The molecule has 1 fully saturated rings. The van der Waals surface area contributed by atoms with Crippen molar-refractivity contribution in [2.45, 2.75) is 29.4 Å². The van der Waals surface area contributed by atoms with Crippen molar-refractivity contribution in [1.82, 2.24) is 10.2 Å². The second-order valence-electron chi connectivity index (χ2n) is 7.66. The fourth-order valence-electron chi connectivity index (χ4n) is 3.70. The summed E-state index contributed by atoms with van der Waals surface area (Å²) in [7, 11) is 0. The van der Waals surface area contributed by atoms with Gasteiger partial charge in [0.05, 0.1) is 10.8 Å². The van der Waals surface area contributed by atoms with Crippen LogP contribution < -0.4 is 15.6 Å². The minimum absolute atomic E-state index is 0.0188. The Hall–Kier alpha value is -2.24. The Labute approximate surface area is 214 Å². The quantitative estimate of drug-likeness (QED) is 0.267. The molecular weight excluding hydrogens is 519 g/mol. The molecule has 0 spiro atoms. The van der Waals surface area contributed by atoms with Crippen molar-refractivity contribution in [2.24, 2.45) is 5.73 Å². The lowest BCUT2D eigenvalue weighted by Gasteiger charge is -2.49. The van der Waals surface area contributed by atoms with Crippen LogP contribution in [0.4, 0.5) is 0 Å². The lowest BCUT2D eigenvalue weighted by molar-refractivity contribution is -0.689. The van der Waals surface area contributed by atoms with E-state index in [2.05, 4.69) is 5.32 Å². The lowest BCUT2D eigenvalue weighted by Crippen LogP contribution is -2.70. The van der Waals surface area contributed by atoms with Gasteiger partial charge in [-0.2, -0.15) is 0 Å². The van der Waals surface area contributed by atoms with Crippen LogP contribution in [0.1, 0.15) is 5.56 Å². The largest absolute Gasteiger partial charge is 0.477 e. The third-order valence-electron chi connectivity index (χ3n) is 5.39. The molecule has 1 aromatic carbocycles. The van der Waals surface area contributed by atoms with Gasteiger partial charge in [0.25, 0.3) is 5.91 Å². The fraction of sp³-hybridized carbons (Fsp3) is 0.273. The number of fused-ring (bicyclic) bond motifs is 1. The van der Waals surface area contributed by atoms with Crippen molar-refractivity contribution in [1.29, 1.82) is 0 Å². The first-order valence-corrected chi connectivity index (χ1v) is 13.0. The van der Waals surface area contributed by atoms with Gasteiger partial charge in [-0.3, -0.25) is 14.5 Å². The molecule has 34 heavy (non-hydrogen) atoms. The predicted molar refractivity (Wildman–Crippen MR) is 131 cm³/mol. The maximum absolute atomic E-state index is 12.8. The van der Waals surface area contributed by atoms with Gasteiger partial charge in [-0.1, -0.05) is 23.2 Å². The summed E-state index contributed by atoms with van der Waals surface area (Å²) in [6.07, 6.45) is 3.66. The number of carbonyl (C=O) groups is 3. The van der Waals surface area contributed by atoms with Gasteiger partial charge in [0.2, 0.25) is 5.91 Å². The summed E-state index contributed by atoms with van der Waals surface area (Å²) in [5, 5.41) is 13.1. The van der Waals surface area contributed by atoms with Crippen molar-refractivity contribution in [3.05, 3.63) is 69.6 Å². The number of rotatable bonds is 8. The molecule has 2 atom stereocenters. The molecule has 3 heterocycles. The number of β-lactam (4-membered cyclic amide) rings is 1. The van der Waals surface area contributed by atoms with E-state index in [-0.39, 0.29) is 17.4 Å². The third-order valence-corrected chi connectivity index (χ3v) is 8.46. The Morgan fingerprint density at radius 2 is 2.00 bits per heavy atom. The highest BCUT2D eigenvalue weighted by molar-refractivity contribution is 8.00. The van der Waals surface area contributed by atoms with Crippen LogP contribution in [0.2, 0.25) is 10.0 Å². The topological polar surface area (TPSA) is 117 Å². The molecule has 2 aromatic rings. The Kier molecular flexibility index (Phi) is 7.73. The van der Waals surface area contributed by atoms with Crippen LogP contribution in [0.3, 0.4) is 0 Å². The summed E-state index contributed by atoms with van der Waals surface area (Å²) in [5.41, 5.74) is 7.20. The Morgan fingerprint density at radius 1 is 1.26 bits per heavy atom. The first-order valence-electron chi connectivity index (χ1n) is 10.2. The van der Waals surface area contributed by atoms with E-state index in [1.54, 1.807) is 18.2 Å². The number of carboxylic acid groups (broad SMARTS) is 1. The van der Waals surface area contributed by atoms with Crippen LogP contribution >= 0.6 is 46.7 Å². The molecule has 0 saturated carbocycles. The Morgan fingerprint density at radius 3 is 2.68 bits per heavy atom. The number of amides is 2. The number of aliphatic carboxylic acids is 1. The smallest absolute Gasteiger partial charge is 0.352 e. The van der Waals surface area contributed by atoms with Gasteiger partial charge in [0, 0.05) is 39.9 Å². The molecule has 0 aliphatic carbocycles. The number of benzene rings is 1. The highest BCUT2D eigenvalue weighted by Crippen LogP contribution is 2.40.